The summed E-state index contributed by atoms with van der Waals surface area (Å²) >= 11 is 12.5. The first-order valence-electron chi connectivity index (χ1n) is 6.67. The van der Waals surface area contributed by atoms with Gasteiger partial charge in [0, 0.05) is 11.3 Å². The maximum atomic E-state index is 10.4. The third-order valence-corrected chi connectivity index (χ3v) is 3.82. The molecule has 23 heavy (non-hydrogen) atoms. The van der Waals surface area contributed by atoms with Crippen LogP contribution in [0.3, 0.4) is 0 Å². The van der Waals surface area contributed by atoms with E-state index in [1.54, 1.807) is 6.07 Å². The molecule has 2 rings (SSSR count). The average Bonchev–Trinajstić information content (AvgIpc) is 2.53. The van der Waals surface area contributed by atoms with Crippen molar-refractivity contribution in [3.63, 3.8) is 0 Å². The number of para-hydroxylation sites is 1. The molecular weight excluding hydrogens is 339 g/mol. The highest BCUT2D eigenvalue weighted by Crippen LogP contribution is 2.35. The highest BCUT2D eigenvalue weighted by molar-refractivity contribution is 6.39. The first kappa shape index (κ1) is 17.1. The molecule has 0 aliphatic heterocycles. The molecule has 2 aromatic carbocycles. The van der Waals surface area contributed by atoms with E-state index in [1.807, 2.05) is 37.3 Å². The van der Waals surface area contributed by atoms with Crippen LogP contribution in [0.15, 0.2) is 41.6 Å². The number of benzene rings is 2. The molecule has 7 heteroatoms. The minimum absolute atomic E-state index is 0.105. The predicted octanol–water partition coefficient (Wildman–Crippen LogP) is 4.63. The number of anilines is 2. The Balaban J connectivity index is 2.21. The number of carboxylic acid groups (broad SMARTS) is 1. The van der Waals surface area contributed by atoms with Crippen LogP contribution in [0.4, 0.5) is 11.4 Å². The van der Waals surface area contributed by atoms with E-state index in [0.717, 1.165) is 16.8 Å². The van der Waals surface area contributed by atoms with Crippen LogP contribution >= 0.6 is 23.2 Å². The maximum Gasteiger partial charge on any atom is 0.350 e. The molecule has 0 spiro atoms. The fourth-order valence-electron chi connectivity index (χ4n) is 1.86. The Morgan fingerprint density at radius 2 is 2.04 bits per heavy atom. The van der Waals surface area contributed by atoms with Crippen molar-refractivity contribution in [3.8, 4) is 0 Å². The summed E-state index contributed by atoms with van der Waals surface area (Å²) < 4.78 is 0. The molecule has 0 fully saturated rings. The Hall–Kier alpha value is -2.24. The number of nitrogens with zero attached hydrogens (tertiary/aromatic N) is 1. The molecular formula is C16H14Cl2N2O3. The number of hydrogen-bond acceptors (Lipinski definition) is 4. The lowest BCUT2D eigenvalue weighted by atomic mass is 10.1. The SMILES string of the molecule is Cc1ccc(Cl)c(Nc2ccccc2CO/N=C\C(=O)O)c1Cl. The molecule has 2 N–H and O–H groups in total. The smallest absolute Gasteiger partial charge is 0.350 e. The number of aliphatic carboxylic acids is 1. The number of oxime groups is 1. The van der Waals surface area contributed by atoms with Crippen LogP contribution < -0.4 is 5.32 Å². The van der Waals surface area contributed by atoms with Crippen LogP contribution in [0.5, 0.6) is 0 Å². The third kappa shape index (κ3) is 4.61. The Morgan fingerprint density at radius 1 is 1.30 bits per heavy atom. The quantitative estimate of drug-likeness (QED) is 0.587. The van der Waals surface area contributed by atoms with Gasteiger partial charge in [-0.25, -0.2) is 4.79 Å². The lowest BCUT2D eigenvalue weighted by molar-refractivity contribution is -0.129. The molecule has 0 radical (unpaired) electrons. The lowest BCUT2D eigenvalue weighted by Gasteiger charge is -2.15. The minimum Gasteiger partial charge on any atom is -0.477 e. The number of aryl methyl sites for hydroxylation is 1. The summed E-state index contributed by atoms with van der Waals surface area (Å²) in [6.07, 6.45) is 0.685. The molecule has 0 atom stereocenters. The summed E-state index contributed by atoms with van der Waals surface area (Å²) in [4.78, 5) is 15.3. The monoisotopic (exact) mass is 352 g/mol. The van der Waals surface area contributed by atoms with Gasteiger partial charge in [0.05, 0.1) is 15.7 Å². The first-order chi connectivity index (χ1) is 11.0. The Labute approximate surface area is 143 Å². The number of carbonyl (C=O) groups is 1. The van der Waals surface area contributed by atoms with Gasteiger partial charge in [-0.15, -0.1) is 0 Å². The normalized spacial score (nSPS) is 10.7. The van der Waals surface area contributed by atoms with Crippen molar-refractivity contribution < 1.29 is 14.7 Å². The van der Waals surface area contributed by atoms with Crippen molar-refractivity contribution in [3.05, 3.63) is 57.6 Å². The molecule has 0 aromatic heterocycles. The van der Waals surface area contributed by atoms with Crippen LogP contribution in [-0.2, 0) is 16.2 Å². The van der Waals surface area contributed by atoms with Gasteiger partial charge in [0.25, 0.3) is 0 Å². The van der Waals surface area contributed by atoms with Gasteiger partial charge in [0.15, 0.2) is 6.21 Å². The number of halogens is 2. The molecule has 0 heterocycles. The average molecular weight is 353 g/mol. The van der Waals surface area contributed by atoms with Gasteiger partial charge in [0.1, 0.15) is 6.61 Å². The lowest BCUT2D eigenvalue weighted by Crippen LogP contribution is -2.00. The molecule has 5 nitrogen and oxygen atoms in total. The van der Waals surface area contributed by atoms with Gasteiger partial charge in [-0.1, -0.05) is 52.6 Å². The molecule has 0 saturated carbocycles. The molecule has 0 unspecified atom stereocenters. The molecule has 0 aliphatic carbocycles. The van der Waals surface area contributed by atoms with E-state index in [2.05, 4.69) is 10.5 Å². The molecule has 0 aliphatic rings. The summed E-state index contributed by atoms with van der Waals surface area (Å²) in [6.45, 7) is 1.99. The largest absolute Gasteiger partial charge is 0.477 e. The molecule has 2 aromatic rings. The summed E-state index contributed by atoms with van der Waals surface area (Å²) in [5.74, 6) is -1.17. The molecule has 0 bridgehead atoms. The van der Waals surface area contributed by atoms with Gasteiger partial charge in [-0.2, -0.15) is 0 Å². The van der Waals surface area contributed by atoms with Gasteiger partial charge in [-0.05, 0) is 24.6 Å². The zero-order valence-corrected chi connectivity index (χ0v) is 13.7. The van der Waals surface area contributed by atoms with E-state index in [-0.39, 0.29) is 6.61 Å². The Kier molecular flexibility index (Phi) is 5.84. The van der Waals surface area contributed by atoms with E-state index < -0.39 is 5.97 Å². The third-order valence-electron chi connectivity index (χ3n) is 3.02. The Bertz CT molecular complexity index is 748. The van der Waals surface area contributed by atoms with Crippen LogP contribution in [0.25, 0.3) is 0 Å². The second-order valence-electron chi connectivity index (χ2n) is 4.68. The second kappa shape index (κ2) is 7.85. The van der Waals surface area contributed by atoms with Crippen molar-refractivity contribution in [2.24, 2.45) is 5.16 Å². The number of hydrogen-bond donors (Lipinski definition) is 2. The standard InChI is InChI=1S/C16H14Cl2N2O3/c1-10-6-7-12(17)16(15(10)18)20-13-5-3-2-4-11(13)9-23-19-8-14(21)22/h2-8,20H,9H2,1H3,(H,21,22)/b19-8-. The van der Waals surface area contributed by atoms with Crippen molar-refractivity contribution in [2.75, 3.05) is 5.32 Å². The molecule has 0 saturated heterocycles. The van der Waals surface area contributed by atoms with Crippen LogP contribution in [0.1, 0.15) is 11.1 Å². The molecule has 120 valence electrons. The number of carboxylic acids is 1. The van der Waals surface area contributed by atoms with Gasteiger partial charge in [-0.3, -0.25) is 0 Å². The van der Waals surface area contributed by atoms with Crippen molar-refractivity contribution in [1.29, 1.82) is 0 Å². The van der Waals surface area contributed by atoms with Gasteiger partial charge < -0.3 is 15.3 Å². The van der Waals surface area contributed by atoms with Crippen molar-refractivity contribution in [2.45, 2.75) is 13.5 Å². The topological polar surface area (TPSA) is 70.9 Å². The van der Waals surface area contributed by atoms with Crippen LogP contribution in [0, 0.1) is 6.92 Å². The highest BCUT2D eigenvalue weighted by Gasteiger charge is 2.11. The second-order valence-corrected chi connectivity index (χ2v) is 5.47. The van der Waals surface area contributed by atoms with Crippen molar-refractivity contribution in [1.82, 2.24) is 0 Å². The number of nitrogens with one attached hydrogen (secondary N) is 1. The Morgan fingerprint density at radius 3 is 2.78 bits per heavy atom. The first-order valence-corrected chi connectivity index (χ1v) is 7.42. The molecule has 0 amide bonds. The summed E-state index contributed by atoms with van der Waals surface area (Å²) in [5.41, 5.74) is 3.03. The highest BCUT2D eigenvalue weighted by atomic mass is 35.5. The van der Waals surface area contributed by atoms with Gasteiger partial charge >= 0.3 is 5.97 Å². The van der Waals surface area contributed by atoms with E-state index in [9.17, 15) is 4.79 Å². The van der Waals surface area contributed by atoms with Crippen LogP contribution in [-0.4, -0.2) is 17.3 Å². The zero-order valence-electron chi connectivity index (χ0n) is 12.2. The van der Waals surface area contributed by atoms with Gasteiger partial charge in [0.2, 0.25) is 0 Å². The van der Waals surface area contributed by atoms with E-state index in [1.165, 1.54) is 0 Å². The predicted molar refractivity (Wildman–Crippen MR) is 91.8 cm³/mol. The fourth-order valence-corrected chi connectivity index (χ4v) is 2.33. The van der Waals surface area contributed by atoms with Crippen molar-refractivity contribution >= 4 is 46.8 Å². The summed E-state index contributed by atoms with van der Waals surface area (Å²) in [6, 6.07) is 11.0. The summed E-state index contributed by atoms with van der Waals surface area (Å²) in [5, 5.41) is 16.1. The van der Waals surface area contributed by atoms with E-state index in [0.29, 0.717) is 21.9 Å². The number of rotatable bonds is 6. The van der Waals surface area contributed by atoms with E-state index in [4.69, 9.17) is 33.1 Å². The maximum absolute atomic E-state index is 10.4. The minimum atomic E-state index is -1.17. The zero-order chi connectivity index (χ0) is 16.8. The van der Waals surface area contributed by atoms with Crippen LogP contribution in [0.2, 0.25) is 10.0 Å². The fraction of sp³-hybridized carbons (Fsp3) is 0.125. The van der Waals surface area contributed by atoms with E-state index >= 15 is 0 Å². The summed E-state index contributed by atoms with van der Waals surface area (Å²) in [7, 11) is 0.